The van der Waals surface area contributed by atoms with Gasteiger partial charge in [0.05, 0.1) is 12.7 Å². The average Bonchev–Trinajstić information content (AvgIpc) is 2.59. The Balaban J connectivity index is 2.08. The number of benzene rings is 2. The Morgan fingerprint density at radius 3 is 2.57 bits per heavy atom. The Kier molecular flexibility index (Phi) is 5.84. The molecular weight excluding hydrogens is 318 g/mol. The van der Waals surface area contributed by atoms with E-state index < -0.39 is 5.97 Å². The second-order valence-electron chi connectivity index (χ2n) is 4.52. The normalized spacial score (nSPS) is 9.78. The van der Waals surface area contributed by atoms with Crippen molar-refractivity contribution in [2.24, 2.45) is 0 Å². The molecule has 0 aliphatic heterocycles. The average molecular weight is 332 g/mol. The van der Waals surface area contributed by atoms with Crippen LogP contribution < -0.4 is 9.47 Å². The minimum absolute atomic E-state index is 0.288. The van der Waals surface area contributed by atoms with Gasteiger partial charge in [0, 0.05) is 5.02 Å². The van der Waals surface area contributed by atoms with Crippen molar-refractivity contribution in [2.75, 3.05) is 13.7 Å². The van der Waals surface area contributed by atoms with E-state index in [4.69, 9.17) is 31.1 Å². The van der Waals surface area contributed by atoms with Gasteiger partial charge in [0.1, 0.15) is 12.7 Å². The van der Waals surface area contributed by atoms with E-state index in [1.165, 1.54) is 13.2 Å². The maximum absolute atomic E-state index is 11.7. The predicted molar refractivity (Wildman–Crippen MR) is 84.7 cm³/mol. The number of rotatable bonds is 6. The first-order valence-corrected chi connectivity index (χ1v) is 7.11. The lowest BCUT2D eigenvalue weighted by atomic mass is 10.2. The zero-order chi connectivity index (χ0) is 16.7. The molecule has 0 radical (unpaired) electrons. The lowest BCUT2D eigenvalue weighted by molar-refractivity contribution is 0.0554. The van der Waals surface area contributed by atoms with Crippen molar-refractivity contribution in [1.82, 2.24) is 0 Å². The molecule has 0 heterocycles. The van der Waals surface area contributed by atoms with Crippen molar-refractivity contribution in [2.45, 2.75) is 6.61 Å². The molecule has 0 atom stereocenters. The van der Waals surface area contributed by atoms with Gasteiger partial charge in [-0.25, -0.2) is 4.79 Å². The summed E-state index contributed by atoms with van der Waals surface area (Å²) < 4.78 is 15.7. The fourth-order valence-electron chi connectivity index (χ4n) is 1.84. The molecule has 0 saturated carbocycles. The van der Waals surface area contributed by atoms with Gasteiger partial charge in [0.25, 0.3) is 0 Å². The highest BCUT2D eigenvalue weighted by molar-refractivity contribution is 6.30. The zero-order valence-electron chi connectivity index (χ0n) is 12.4. The molecule has 0 amide bonds. The number of hydrogen-bond acceptors (Lipinski definition) is 5. The zero-order valence-corrected chi connectivity index (χ0v) is 13.2. The lowest BCUT2D eigenvalue weighted by Gasteiger charge is -2.12. The number of hydrogen-bond donors (Lipinski definition) is 0. The molecule has 5 nitrogen and oxygen atoms in total. The molecule has 0 saturated heterocycles. The third-order valence-electron chi connectivity index (χ3n) is 2.97. The largest absolute Gasteiger partial charge is 0.493 e. The van der Waals surface area contributed by atoms with Crippen LogP contribution in [0.4, 0.5) is 0 Å². The molecule has 0 bridgehead atoms. The highest BCUT2D eigenvalue weighted by atomic mass is 35.5. The van der Waals surface area contributed by atoms with E-state index in [-0.39, 0.29) is 12.2 Å². The van der Waals surface area contributed by atoms with E-state index in [2.05, 4.69) is 0 Å². The third-order valence-corrected chi connectivity index (χ3v) is 3.23. The van der Waals surface area contributed by atoms with E-state index >= 15 is 0 Å². The number of esters is 1. The molecule has 118 valence electrons. The third kappa shape index (κ3) is 4.63. The topological polar surface area (TPSA) is 68.5 Å². The van der Waals surface area contributed by atoms with Gasteiger partial charge in [-0.1, -0.05) is 23.7 Å². The van der Waals surface area contributed by atoms with Crippen LogP contribution >= 0.6 is 11.6 Å². The van der Waals surface area contributed by atoms with Gasteiger partial charge in [0.15, 0.2) is 18.1 Å². The van der Waals surface area contributed by atoms with Crippen molar-refractivity contribution in [1.29, 1.82) is 5.26 Å². The van der Waals surface area contributed by atoms with Crippen molar-refractivity contribution in [3.63, 3.8) is 0 Å². The fraction of sp³-hybridized carbons (Fsp3) is 0.176. The smallest absolute Gasteiger partial charge is 0.339 e. The van der Waals surface area contributed by atoms with Crippen LogP contribution in [-0.4, -0.2) is 19.7 Å². The Morgan fingerprint density at radius 2 is 1.91 bits per heavy atom. The first-order chi connectivity index (χ1) is 11.1. The van der Waals surface area contributed by atoms with Crippen LogP contribution in [0.25, 0.3) is 0 Å². The Morgan fingerprint density at radius 1 is 1.17 bits per heavy atom. The lowest BCUT2D eigenvalue weighted by Crippen LogP contribution is -2.06. The number of nitrogens with zero attached hydrogens (tertiary/aromatic N) is 1. The summed E-state index contributed by atoms with van der Waals surface area (Å²) in [6, 6.07) is 13.7. The van der Waals surface area contributed by atoms with Crippen LogP contribution in [0.3, 0.4) is 0 Å². The minimum atomic E-state index is -0.589. The summed E-state index contributed by atoms with van der Waals surface area (Å²) in [6.07, 6.45) is 0. The van der Waals surface area contributed by atoms with Crippen LogP contribution in [0.1, 0.15) is 15.9 Å². The molecule has 0 spiro atoms. The number of methoxy groups -OCH3 is 1. The number of nitriles is 1. The van der Waals surface area contributed by atoms with Crippen molar-refractivity contribution >= 4 is 17.6 Å². The van der Waals surface area contributed by atoms with Gasteiger partial charge in [-0.15, -0.1) is 0 Å². The second-order valence-corrected chi connectivity index (χ2v) is 4.95. The summed E-state index contributed by atoms with van der Waals surface area (Å²) in [5.41, 5.74) is 1.24. The molecule has 2 aromatic rings. The molecule has 0 aliphatic rings. The molecule has 0 aliphatic carbocycles. The van der Waals surface area contributed by atoms with Gasteiger partial charge < -0.3 is 14.2 Å². The van der Waals surface area contributed by atoms with Gasteiger partial charge in [-0.3, -0.25) is 0 Å². The summed E-state index contributed by atoms with van der Waals surface area (Å²) in [7, 11) is 1.48. The molecule has 0 aromatic heterocycles. The minimum Gasteiger partial charge on any atom is -0.493 e. The molecular formula is C17H14ClNO4. The predicted octanol–water partition coefficient (Wildman–Crippen LogP) is 3.61. The molecule has 0 fully saturated rings. The van der Waals surface area contributed by atoms with Crippen LogP contribution in [0.5, 0.6) is 11.5 Å². The molecule has 2 aromatic carbocycles. The van der Waals surface area contributed by atoms with Crippen molar-refractivity contribution < 1.29 is 19.0 Å². The Bertz CT molecular complexity index is 722. The summed E-state index contributed by atoms with van der Waals surface area (Å²) in [5.74, 6) is 0.318. The molecule has 6 heteroatoms. The van der Waals surface area contributed by atoms with Crippen molar-refractivity contribution in [3.05, 3.63) is 58.6 Å². The monoisotopic (exact) mass is 331 g/mol. The molecule has 2 rings (SSSR count). The van der Waals surface area contributed by atoms with Crippen molar-refractivity contribution in [3.8, 4) is 17.6 Å². The first kappa shape index (κ1) is 16.7. The summed E-state index contributed by atoms with van der Waals surface area (Å²) in [4.78, 5) is 11.7. The van der Waals surface area contributed by atoms with Gasteiger partial charge in [0.2, 0.25) is 0 Å². The molecule has 0 unspecified atom stereocenters. The van der Waals surface area contributed by atoms with E-state index in [1.807, 2.05) is 12.1 Å². The first-order valence-electron chi connectivity index (χ1n) is 6.73. The SMILES string of the molecule is COc1cc(C(=O)OCC#N)ccc1OCc1ccc(Cl)cc1. The highest BCUT2D eigenvalue weighted by Gasteiger charge is 2.12. The number of halogens is 1. The van der Waals surface area contributed by atoms with Gasteiger partial charge in [-0.2, -0.15) is 5.26 Å². The van der Waals surface area contributed by atoms with E-state index in [0.717, 1.165) is 5.56 Å². The second kappa shape index (κ2) is 8.06. The van der Waals surface area contributed by atoms with Gasteiger partial charge >= 0.3 is 5.97 Å². The fourth-order valence-corrected chi connectivity index (χ4v) is 1.96. The number of carbonyl (C=O) groups is 1. The van der Waals surface area contributed by atoms with Crippen LogP contribution in [-0.2, 0) is 11.3 Å². The summed E-state index contributed by atoms with van der Waals surface area (Å²) in [5, 5.41) is 9.08. The summed E-state index contributed by atoms with van der Waals surface area (Å²) in [6.45, 7) is 0.0434. The van der Waals surface area contributed by atoms with Crippen LogP contribution in [0.2, 0.25) is 5.02 Å². The standard InChI is InChI=1S/C17H14ClNO4/c1-21-16-10-13(17(20)22-9-8-19)4-7-15(16)23-11-12-2-5-14(18)6-3-12/h2-7,10H,9,11H2,1H3. The Hall–Kier alpha value is -2.71. The quantitative estimate of drug-likeness (QED) is 0.756. The number of ether oxygens (including phenoxy) is 3. The highest BCUT2D eigenvalue weighted by Crippen LogP contribution is 2.29. The maximum Gasteiger partial charge on any atom is 0.339 e. The maximum atomic E-state index is 11.7. The van der Waals surface area contributed by atoms with E-state index in [9.17, 15) is 4.79 Å². The number of carbonyl (C=O) groups excluding carboxylic acids is 1. The van der Waals surface area contributed by atoms with E-state index in [1.54, 1.807) is 30.3 Å². The summed E-state index contributed by atoms with van der Waals surface area (Å²) >= 11 is 5.84. The molecule has 0 N–H and O–H groups in total. The van der Waals surface area contributed by atoms with Crippen LogP contribution in [0, 0.1) is 11.3 Å². The van der Waals surface area contributed by atoms with Crippen LogP contribution in [0.15, 0.2) is 42.5 Å². The van der Waals surface area contributed by atoms with E-state index in [0.29, 0.717) is 23.1 Å². The van der Waals surface area contributed by atoms with Gasteiger partial charge in [-0.05, 0) is 35.9 Å². The Labute approximate surface area is 139 Å². The molecule has 23 heavy (non-hydrogen) atoms.